The van der Waals surface area contributed by atoms with Gasteiger partial charge in [-0.1, -0.05) is 0 Å². The molecule has 1 unspecified atom stereocenters. The number of carbonyl (C=O) groups is 1. The summed E-state index contributed by atoms with van der Waals surface area (Å²) in [5.41, 5.74) is 7.83. The fourth-order valence-electron chi connectivity index (χ4n) is 1.33. The van der Waals surface area contributed by atoms with Crippen molar-refractivity contribution in [1.29, 1.82) is 0 Å². The van der Waals surface area contributed by atoms with Crippen molar-refractivity contribution in [2.24, 2.45) is 5.73 Å². The van der Waals surface area contributed by atoms with E-state index in [-0.39, 0.29) is 12.5 Å². The van der Waals surface area contributed by atoms with Crippen LogP contribution in [0.1, 0.15) is 30.0 Å². The molecule has 0 saturated carbocycles. The molecule has 0 aliphatic heterocycles. The Morgan fingerprint density at radius 1 is 1.71 bits per heavy atom. The van der Waals surface area contributed by atoms with E-state index in [1.165, 1.54) is 0 Å². The van der Waals surface area contributed by atoms with Crippen LogP contribution in [0, 0.1) is 6.92 Å². The summed E-state index contributed by atoms with van der Waals surface area (Å²) in [5.74, 6) is -0.813. The Labute approximate surface area is 82.8 Å². The average Bonchev–Trinajstić information content (AvgIpc) is 2.15. The van der Waals surface area contributed by atoms with Crippen LogP contribution in [0.15, 0.2) is 18.5 Å². The number of carboxylic acids is 1. The molecule has 1 rings (SSSR count). The molecule has 76 valence electrons. The third-order valence-corrected chi connectivity index (χ3v) is 2.13. The molecule has 4 heteroatoms. The number of nitrogens with zero attached hydrogens (tertiary/aromatic N) is 1. The Hall–Kier alpha value is -1.42. The third kappa shape index (κ3) is 2.81. The predicted octanol–water partition coefficient (Wildman–Crippen LogP) is 1.25. The molecule has 3 N–H and O–H groups in total. The second-order valence-corrected chi connectivity index (χ2v) is 3.27. The third-order valence-electron chi connectivity index (χ3n) is 2.13. The van der Waals surface area contributed by atoms with E-state index in [0.29, 0.717) is 6.42 Å². The van der Waals surface area contributed by atoms with Crippen molar-refractivity contribution in [3.8, 4) is 0 Å². The fraction of sp³-hybridized carbons (Fsp3) is 0.400. The van der Waals surface area contributed by atoms with Crippen LogP contribution < -0.4 is 5.73 Å². The van der Waals surface area contributed by atoms with E-state index in [1.807, 2.05) is 13.0 Å². The SMILES string of the molecule is Cc1cnccc1C(N)CCC(=O)O. The standard InChI is InChI=1S/C10H14N2O2/c1-7-6-12-5-4-8(7)9(11)2-3-10(13)14/h4-6,9H,2-3,11H2,1H3,(H,13,14). The van der Waals surface area contributed by atoms with E-state index in [2.05, 4.69) is 4.98 Å². The zero-order valence-electron chi connectivity index (χ0n) is 8.10. The van der Waals surface area contributed by atoms with Crippen LogP contribution in [-0.2, 0) is 4.79 Å². The number of hydrogen-bond donors (Lipinski definition) is 2. The maximum absolute atomic E-state index is 10.4. The number of nitrogens with two attached hydrogens (primary N) is 1. The van der Waals surface area contributed by atoms with Crippen LogP contribution in [-0.4, -0.2) is 16.1 Å². The molecule has 1 heterocycles. The summed E-state index contributed by atoms with van der Waals surface area (Å²) in [5, 5.41) is 8.51. The Balaban J connectivity index is 2.65. The number of hydrogen-bond acceptors (Lipinski definition) is 3. The molecule has 0 saturated heterocycles. The first kappa shape index (κ1) is 10.7. The van der Waals surface area contributed by atoms with Gasteiger partial charge in [-0.25, -0.2) is 0 Å². The highest BCUT2D eigenvalue weighted by Gasteiger charge is 2.10. The second-order valence-electron chi connectivity index (χ2n) is 3.27. The minimum atomic E-state index is -0.813. The van der Waals surface area contributed by atoms with Gasteiger partial charge in [0.2, 0.25) is 0 Å². The van der Waals surface area contributed by atoms with E-state index < -0.39 is 5.97 Å². The van der Waals surface area contributed by atoms with Crippen molar-refractivity contribution < 1.29 is 9.90 Å². The van der Waals surface area contributed by atoms with Gasteiger partial charge in [-0.3, -0.25) is 9.78 Å². The molecule has 0 fully saturated rings. The molecule has 14 heavy (non-hydrogen) atoms. The number of pyridine rings is 1. The first-order valence-corrected chi connectivity index (χ1v) is 4.49. The molecule has 0 bridgehead atoms. The van der Waals surface area contributed by atoms with Crippen LogP contribution in [0.5, 0.6) is 0 Å². The minimum Gasteiger partial charge on any atom is -0.481 e. The Kier molecular flexibility index (Phi) is 3.59. The van der Waals surface area contributed by atoms with E-state index in [9.17, 15) is 4.79 Å². The van der Waals surface area contributed by atoms with Gasteiger partial charge < -0.3 is 10.8 Å². The maximum atomic E-state index is 10.4. The van der Waals surface area contributed by atoms with E-state index in [0.717, 1.165) is 11.1 Å². The molecular weight excluding hydrogens is 180 g/mol. The Morgan fingerprint density at radius 3 is 3.00 bits per heavy atom. The maximum Gasteiger partial charge on any atom is 0.303 e. The van der Waals surface area contributed by atoms with Gasteiger partial charge in [0.25, 0.3) is 0 Å². The summed E-state index contributed by atoms with van der Waals surface area (Å²) in [6.45, 7) is 1.92. The van der Waals surface area contributed by atoms with Crippen LogP contribution in [0.3, 0.4) is 0 Å². The van der Waals surface area contributed by atoms with Gasteiger partial charge in [-0.2, -0.15) is 0 Å². The van der Waals surface area contributed by atoms with Crippen LogP contribution in [0.4, 0.5) is 0 Å². The van der Waals surface area contributed by atoms with Gasteiger partial charge in [0.05, 0.1) is 0 Å². The van der Waals surface area contributed by atoms with Crippen molar-refractivity contribution in [3.05, 3.63) is 29.6 Å². The van der Waals surface area contributed by atoms with E-state index in [1.54, 1.807) is 12.4 Å². The molecule has 1 atom stereocenters. The monoisotopic (exact) mass is 194 g/mol. The van der Waals surface area contributed by atoms with Gasteiger partial charge >= 0.3 is 5.97 Å². The predicted molar refractivity (Wildman–Crippen MR) is 52.8 cm³/mol. The lowest BCUT2D eigenvalue weighted by Gasteiger charge is -2.12. The highest BCUT2D eigenvalue weighted by Crippen LogP contribution is 2.18. The van der Waals surface area contributed by atoms with Crippen molar-refractivity contribution in [2.75, 3.05) is 0 Å². The number of rotatable bonds is 4. The van der Waals surface area contributed by atoms with Gasteiger partial charge in [0.1, 0.15) is 0 Å². The van der Waals surface area contributed by atoms with Crippen molar-refractivity contribution in [3.63, 3.8) is 0 Å². The van der Waals surface area contributed by atoms with E-state index >= 15 is 0 Å². The summed E-state index contributed by atoms with van der Waals surface area (Å²) < 4.78 is 0. The van der Waals surface area contributed by atoms with Gasteiger partial charge in [-0.15, -0.1) is 0 Å². The summed E-state index contributed by atoms with van der Waals surface area (Å²) in [4.78, 5) is 14.3. The topological polar surface area (TPSA) is 76.2 Å². The lowest BCUT2D eigenvalue weighted by molar-refractivity contribution is -0.137. The molecule has 4 nitrogen and oxygen atoms in total. The molecule has 0 aromatic carbocycles. The molecule has 0 radical (unpaired) electrons. The fourth-order valence-corrected chi connectivity index (χ4v) is 1.33. The lowest BCUT2D eigenvalue weighted by atomic mass is 10.0. The molecule has 0 spiro atoms. The van der Waals surface area contributed by atoms with E-state index in [4.69, 9.17) is 10.8 Å². The largest absolute Gasteiger partial charge is 0.481 e. The Bertz CT molecular complexity index is 326. The quantitative estimate of drug-likeness (QED) is 0.756. The zero-order valence-corrected chi connectivity index (χ0v) is 8.10. The van der Waals surface area contributed by atoms with Gasteiger partial charge in [0.15, 0.2) is 0 Å². The second kappa shape index (κ2) is 4.72. The van der Waals surface area contributed by atoms with Crippen molar-refractivity contribution in [2.45, 2.75) is 25.8 Å². The highest BCUT2D eigenvalue weighted by atomic mass is 16.4. The molecule has 0 amide bonds. The molecule has 0 aliphatic rings. The minimum absolute atomic E-state index is 0.100. The summed E-state index contributed by atoms with van der Waals surface area (Å²) in [7, 11) is 0. The zero-order chi connectivity index (χ0) is 10.6. The Morgan fingerprint density at radius 2 is 2.43 bits per heavy atom. The van der Waals surface area contributed by atoms with Crippen molar-refractivity contribution >= 4 is 5.97 Å². The molecule has 1 aromatic rings. The normalized spacial score (nSPS) is 12.4. The van der Waals surface area contributed by atoms with Crippen LogP contribution in [0.2, 0.25) is 0 Å². The van der Waals surface area contributed by atoms with Gasteiger partial charge in [0, 0.05) is 24.9 Å². The molecule has 0 aliphatic carbocycles. The number of aromatic nitrogens is 1. The van der Waals surface area contributed by atoms with Gasteiger partial charge in [-0.05, 0) is 30.5 Å². The first-order chi connectivity index (χ1) is 6.61. The first-order valence-electron chi connectivity index (χ1n) is 4.49. The smallest absolute Gasteiger partial charge is 0.303 e. The highest BCUT2D eigenvalue weighted by molar-refractivity contribution is 5.66. The number of aliphatic carboxylic acids is 1. The molecule has 1 aromatic heterocycles. The lowest BCUT2D eigenvalue weighted by Crippen LogP contribution is -2.13. The van der Waals surface area contributed by atoms with Crippen LogP contribution in [0.25, 0.3) is 0 Å². The van der Waals surface area contributed by atoms with Crippen molar-refractivity contribution in [1.82, 2.24) is 4.98 Å². The summed E-state index contributed by atoms with van der Waals surface area (Å²) in [6.07, 6.45) is 3.96. The average molecular weight is 194 g/mol. The summed E-state index contributed by atoms with van der Waals surface area (Å²) in [6, 6.07) is 1.62. The van der Waals surface area contributed by atoms with Crippen LogP contribution >= 0.6 is 0 Å². The number of aryl methyl sites for hydroxylation is 1. The number of carboxylic acid groups (broad SMARTS) is 1. The molecular formula is C10H14N2O2. The summed E-state index contributed by atoms with van der Waals surface area (Å²) >= 11 is 0.